The van der Waals surface area contributed by atoms with E-state index in [1.165, 1.54) is 37.4 Å². The van der Waals surface area contributed by atoms with Crippen molar-refractivity contribution in [1.82, 2.24) is 4.72 Å². The van der Waals surface area contributed by atoms with Crippen LogP contribution in [0.5, 0.6) is 5.75 Å². The highest BCUT2D eigenvalue weighted by Crippen LogP contribution is 2.35. The van der Waals surface area contributed by atoms with E-state index in [0.29, 0.717) is 0 Å². The normalized spacial score (nSPS) is 12.0. The van der Waals surface area contributed by atoms with Gasteiger partial charge in [-0.05, 0) is 44.2 Å². The fraction of sp³-hybridized carbons (Fsp3) is 0.316. The molecule has 0 unspecified atom stereocenters. The average molecular weight is 559 g/mol. The predicted octanol–water partition coefficient (Wildman–Crippen LogP) is 3.75. The first kappa shape index (κ1) is 27.5. The van der Waals surface area contributed by atoms with E-state index < -0.39 is 32.5 Å². The molecule has 0 atom stereocenters. The van der Waals surface area contributed by atoms with E-state index in [0.717, 1.165) is 10.6 Å². The monoisotopic (exact) mass is 557 g/mol. The van der Waals surface area contributed by atoms with Crippen molar-refractivity contribution < 1.29 is 26.4 Å². The van der Waals surface area contributed by atoms with Crippen LogP contribution in [0.15, 0.2) is 35.2 Å². The number of benzene rings is 2. The average Bonchev–Trinajstić information content (AvgIpc) is 2.67. The van der Waals surface area contributed by atoms with Gasteiger partial charge in [0.2, 0.25) is 26.0 Å². The van der Waals surface area contributed by atoms with Crippen molar-refractivity contribution >= 4 is 72.1 Å². The summed E-state index contributed by atoms with van der Waals surface area (Å²) in [6.07, 6.45) is 0.893. The fourth-order valence-electron chi connectivity index (χ4n) is 2.73. The molecular formula is C19H22Cl3N3O6S2. The number of anilines is 2. The minimum absolute atomic E-state index is 0.0304. The minimum atomic E-state index is -3.97. The Labute approximate surface area is 208 Å². The van der Waals surface area contributed by atoms with Gasteiger partial charge in [0.1, 0.15) is 12.3 Å². The van der Waals surface area contributed by atoms with Gasteiger partial charge in [-0.2, -0.15) is 0 Å². The number of amides is 1. The molecule has 2 N–H and O–H groups in total. The van der Waals surface area contributed by atoms with Crippen molar-refractivity contribution in [2.24, 2.45) is 0 Å². The number of halogens is 3. The van der Waals surface area contributed by atoms with Crippen molar-refractivity contribution in [3.8, 4) is 5.75 Å². The van der Waals surface area contributed by atoms with Gasteiger partial charge < -0.3 is 10.1 Å². The number of carbonyl (C=O) groups is 1. The van der Waals surface area contributed by atoms with E-state index in [9.17, 15) is 21.6 Å². The first-order valence-electron chi connectivity index (χ1n) is 9.28. The van der Waals surface area contributed by atoms with E-state index in [1.807, 2.05) is 0 Å². The van der Waals surface area contributed by atoms with E-state index in [1.54, 1.807) is 13.8 Å². The summed E-state index contributed by atoms with van der Waals surface area (Å²) in [5.41, 5.74) is -0.0176. The van der Waals surface area contributed by atoms with E-state index in [2.05, 4.69) is 10.0 Å². The van der Waals surface area contributed by atoms with Gasteiger partial charge in [-0.15, -0.1) is 0 Å². The highest BCUT2D eigenvalue weighted by Gasteiger charge is 2.25. The molecule has 0 bridgehead atoms. The maximum atomic E-state index is 12.8. The van der Waals surface area contributed by atoms with Gasteiger partial charge in [0, 0.05) is 6.04 Å². The standard InChI is InChI=1S/C19H22Cl3N3O6S2/c1-11(2)24-33(29,30)12-5-6-18(31-3)16(7-12)23-19(26)10-25(32(4,27)28)17-9-14(21)13(20)8-15(17)22/h5-9,11,24H,10H2,1-4H3,(H,23,26). The maximum Gasteiger partial charge on any atom is 0.245 e. The largest absolute Gasteiger partial charge is 0.495 e. The lowest BCUT2D eigenvalue weighted by Gasteiger charge is -2.23. The van der Waals surface area contributed by atoms with Crippen LogP contribution in [0.2, 0.25) is 15.1 Å². The van der Waals surface area contributed by atoms with E-state index in [-0.39, 0.29) is 43.1 Å². The molecule has 0 aliphatic carbocycles. The Balaban J connectivity index is 2.40. The molecule has 2 aromatic rings. The zero-order valence-corrected chi connectivity index (χ0v) is 21.9. The zero-order valence-electron chi connectivity index (χ0n) is 18.0. The number of sulfonamides is 2. The van der Waals surface area contributed by atoms with Crippen LogP contribution in [-0.4, -0.2) is 48.7 Å². The lowest BCUT2D eigenvalue weighted by Crippen LogP contribution is -2.37. The maximum absolute atomic E-state index is 12.8. The lowest BCUT2D eigenvalue weighted by atomic mass is 10.3. The van der Waals surface area contributed by atoms with Gasteiger partial charge >= 0.3 is 0 Å². The van der Waals surface area contributed by atoms with Gasteiger partial charge in [0.25, 0.3) is 0 Å². The summed E-state index contributed by atoms with van der Waals surface area (Å²) in [5, 5.41) is 2.60. The molecule has 2 rings (SSSR count). The number of ether oxygens (including phenoxy) is 1. The van der Waals surface area contributed by atoms with Gasteiger partial charge in [0.15, 0.2) is 0 Å². The smallest absolute Gasteiger partial charge is 0.245 e. The summed E-state index contributed by atoms with van der Waals surface area (Å²) in [5.74, 6) is -0.613. The van der Waals surface area contributed by atoms with Crippen LogP contribution < -0.4 is 19.1 Å². The number of rotatable bonds is 9. The Hall–Kier alpha value is -1.76. The number of methoxy groups -OCH3 is 1. The quantitative estimate of drug-likeness (QED) is 0.452. The number of nitrogens with one attached hydrogen (secondary N) is 2. The second kappa shape index (κ2) is 10.7. The van der Waals surface area contributed by atoms with Crippen LogP contribution in [0.3, 0.4) is 0 Å². The Bertz CT molecular complexity index is 1270. The fourth-order valence-corrected chi connectivity index (χ4v) is 5.56. The summed E-state index contributed by atoms with van der Waals surface area (Å²) in [7, 11) is -6.49. The third-order valence-corrected chi connectivity index (χ3v) is 7.90. The van der Waals surface area contributed by atoms with Crippen LogP contribution >= 0.6 is 34.8 Å². The van der Waals surface area contributed by atoms with Crippen molar-refractivity contribution in [2.75, 3.05) is 29.5 Å². The molecule has 0 saturated carbocycles. The summed E-state index contributed by atoms with van der Waals surface area (Å²) in [6.45, 7) is 2.65. The first-order chi connectivity index (χ1) is 15.2. The third kappa shape index (κ3) is 7.11. The third-order valence-electron chi connectivity index (χ3n) is 4.09. The first-order valence-corrected chi connectivity index (χ1v) is 13.7. The Kier molecular flexibility index (Phi) is 8.88. The molecule has 0 aliphatic heterocycles. The van der Waals surface area contributed by atoms with E-state index >= 15 is 0 Å². The molecule has 0 aliphatic rings. The molecule has 33 heavy (non-hydrogen) atoms. The molecule has 0 heterocycles. The molecule has 9 nitrogen and oxygen atoms in total. The molecule has 2 aromatic carbocycles. The Morgan fingerprint density at radius 1 is 1.03 bits per heavy atom. The molecule has 0 spiro atoms. The highest BCUT2D eigenvalue weighted by molar-refractivity contribution is 7.92. The number of hydrogen-bond acceptors (Lipinski definition) is 6. The Morgan fingerprint density at radius 2 is 1.64 bits per heavy atom. The SMILES string of the molecule is COc1ccc(S(=O)(=O)NC(C)C)cc1NC(=O)CN(c1cc(Cl)c(Cl)cc1Cl)S(C)(=O)=O. The van der Waals surface area contributed by atoms with Gasteiger partial charge in [-0.1, -0.05) is 34.8 Å². The second-order valence-corrected chi connectivity index (χ2v) is 12.0. The summed E-state index contributed by atoms with van der Waals surface area (Å²) < 4.78 is 58.1. The lowest BCUT2D eigenvalue weighted by molar-refractivity contribution is -0.114. The van der Waals surface area contributed by atoms with Crippen molar-refractivity contribution in [1.29, 1.82) is 0 Å². The van der Waals surface area contributed by atoms with Crippen molar-refractivity contribution in [3.05, 3.63) is 45.4 Å². The van der Waals surface area contributed by atoms with Crippen LogP contribution in [0.1, 0.15) is 13.8 Å². The molecule has 14 heteroatoms. The Morgan fingerprint density at radius 3 is 2.18 bits per heavy atom. The van der Waals surface area contributed by atoms with Crippen molar-refractivity contribution in [2.45, 2.75) is 24.8 Å². The minimum Gasteiger partial charge on any atom is -0.495 e. The molecule has 0 radical (unpaired) electrons. The van der Waals surface area contributed by atoms with Crippen LogP contribution in [0.25, 0.3) is 0 Å². The number of carbonyl (C=O) groups excluding carboxylic acids is 1. The molecule has 182 valence electrons. The van der Waals surface area contributed by atoms with Crippen LogP contribution in [-0.2, 0) is 24.8 Å². The molecule has 1 amide bonds. The topological polar surface area (TPSA) is 122 Å². The van der Waals surface area contributed by atoms with Crippen LogP contribution in [0, 0.1) is 0 Å². The highest BCUT2D eigenvalue weighted by atomic mass is 35.5. The molecular weight excluding hydrogens is 537 g/mol. The second-order valence-electron chi connectivity index (χ2n) is 7.17. The molecule has 0 saturated heterocycles. The molecule has 0 aromatic heterocycles. The number of nitrogens with zero attached hydrogens (tertiary/aromatic N) is 1. The zero-order chi connectivity index (χ0) is 25.1. The summed E-state index contributed by atoms with van der Waals surface area (Å²) >= 11 is 18.0. The number of hydrogen-bond donors (Lipinski definition) is 2. The van der Waals surface area contributed by atoms with Crippen molar-refractivity contribution in [3.63, 3.8) is 0 Å². The van der Waals surface area contributed by atoms with Gasteiger partial charge in [-0.25, -0.2) is 21.6 Å². The molecule has 0 fully saturated rings. The summed E-state index contributed by atoms with van der Waals surface area (Å²) in [4.78, 5) is 12.7. The van der Waals surface area contributed by atoms with Crippen LogP contribution in [0.4, 0.5) is 11.4 Å². The van der Waals surface area contributed by atoms with E-state index in [4.69, 9.17) is 39.5 Å². The summed E-state index contributed by atoms with van der Waals surface area (Å²) in [6, 6.07) is 6.03. The van der Waals surface area contributed by atoms with Gasteiger partial charge in [0.05, 0.1) is 44.7 Å². The predicted molar refractivity (Wildman–Crippen MR) is 131 cm³/mol. The van der Waals surface area contributed by atoms with Gasteiger partial charge in [-0.3, -0.25) is 9.10 Å².